The molecule has 19 heavy (non-hydrogen) atoms. The van der Waals surface area contributed by atoms with Crippen LogP contribution in [0.15, 0.2) is 24.3 Å². The molecule has 0 saturated carbocycles. The molecule has 0 bridgehead atoms. The van der Waals surface area contributed by atoms with Crippen LogP contribution < -0.4 is 5.32 Å². The van der Waals surface area contributed by atoms with Crippen LogP contribution in [0.3, 0.4) is 0 Å². The topological polar surface area (TPSA) is 58.6 Å². The van der Waals surface area contributed by atoms with Crippen molar-refractivity contribution in [3.63, 3.8) is 0 Å². The normalized spacial score (nSPS) is 12.9. The van der Waals surface area contributed by atoms with Crippen molar-refractivity contribution in [2.24, 2.45) is 0 Å². The number of para-hydroxylation sites is 1. The molecule has 1 rings (SSSR count). The number of nitrogens with one attached hydrogen (secondary N) is 1. The zero-order chi connectivity index (χ0) is 14.5. The first kappa shape index (κ1) is 15.5. The molecule has 4 heteroatoms. The van der Waals surface area contributed by atoms with Gasteiger partial charge in [-0.05, 0) is 52.2 Å². The number of amides is 1. The third-order valence-electron chi connectivity index (χ3n) is 2.48. The van der Waals surface area contributed by atoms with Gasteiger partial charge in [0.25, 0.3) is 0 Å². The van der Waals surface area contributed by atoms with Crippen LogP contribution in [0.2, 0.25) is 0 Å². The van der Waals surface area contributed by atoms with Crippen molar-refractivity contribution in [1.29, 1.82) is 0 Å². The highest BCUT2D eigenvalue weighted by Crippen LogP contribution is 2.19. The number of carbonyl (C=O) groups excluding carboxylic acids is 1. The molecule has 0 fully saturated rings. The minimum atomic E-state index is -0.515. The molecular formula is C15H23NO3. The predicted octanol–water partition coefficient (Wildman–Crippen LogP) is 3.35. The number of hydrogen-bond acceptors (Lipinski definition) is 3. The average Bonchev–Trinajstić information content (AvgIpc) is 2.25. The van der Waals surface area contributed by atoms with Crippen molar-refractivity contribution in [2.45, 2.75) is 52.2 Å². The minimum Gasteiger partial charge on any atom is -0.444 e. The standard InChI is InChI=1S/C15H23NO3/c1-11(17)9-10-12-7-5-6-8-13(12)16-14(18)19-15(2,3)4/h5-8,11,17H,9-10H2,1-4H3,(H,16,18)/t11-/m1/s1. The van der Waals surface area contributed by atoms with E-state index in [-0.39, 0.29) is 6.10 Å². The van der Waals surface area contributed by atoms with Gasteiger partial charge >= 0.3 is 6.09 Å². The second kappa shape index (κ2) is 6.57. The van der Waals surface area contributed by atoms with E-state index in [4.69, 9.17) is 4.74 Å². The number of rotatable bonds is 4. The Morgan fingerprint density at radius 2 is 2.00 bits per heavy atom. The molecule has 1 atom stereocenters. The van der Waals surface area contributed by atoms with Gasteiger partial charge < -0.3 is 9.84 Å². The zero-order valence-corrected chi connectivity index (χ0v) is 12.1. The van der Waals surface area contributed by atoms with Gasteiger partial charge in [-0.15, -0.1) is 0 Å². The van der Waals surface area contributed by atoms with Crippen LogP contribution in [0.5, 0.6) is 0 Å². The van der Waals surface area contributed by atoms with Crippen molar-refractivity contribution >= 4 is 11.8 Å². The molecule has 1 amide bonds. The molecule has 0 aliphatic carbocycles. The van der Waals surface area contributed by atoms with E-state index in [1.165, 1.54) is 0 Å². The van der Waals surface area contributed by atoms with E-state index in [1.54, 1.807) is 6.92 Å². The van der Waals surface area contributed by atoms with Crippen LogP contribution in [0, 0.1) is 0 Å². The average molecular weight is 265 g/mol. The largest absolute Gasteiger partial charge is 0.444 e. The molecule has 4 nitrogen and oxygen atoms in total. The lowest BCUT2D eigenvalue weighted by Crippen LogP contribution is -2.27. The van der Waals surface area contributed by atoms with Gasteiger partial charge in [-0.1, -0.05) is 18.2 Å². The molecule has 2 N–H and O–H groups in total. The van der Waals surface area contributed by atoms with Gasteiger partial charge in [-0.3, -0.25) is 5.32 Å². The smallest absolute Gasteiger partial charge is 0.412 e. The number of aryl methyl sites for hydroxylation is 1. The molecule has 0 spiro atoms. The van der Waals surface area contributed by atoms with Crippen molar-refractivity contribution < 1.29 is 14.6 Å². The first-order valence-corrected chi connectivity index (χ1v) is 6.54. The van der Waals surface area contributed by atoms with Crippen LogP contribution >= 0.6 is 0 Å². The number of ether oxygens (including phenoxy) is 1. The highest BCUT2D eigenvalue weighted by atomic mass is 16.6. The summed E-state index contributed by atoms with van der Waals surface area (Å²) in [7, 11) is 0. The van der Waals surface area contributed by atoms with Gasteiger partial charge in [0.1, 0.15) is 5.60 Å². The van der Waals surface area contributed by atoms with E-state index in [2.05, 4.69) is 5.32 Å². The van der Waals surface area contributed by atoms with E-state index in [1.807, 2.05) is 45.0 Å². The highest BCUT2D eigenvalue weighted by Gasteiger charge is 2.17. The first-order chi connectivity index (χ1) is 8.78. The molecule has 1 aromatic rings. The Morgan fingerprint density at radius 1 is 1.37 bits per heavy atom. The summed E-state index contributed by atoms with van der Waals surface area (Å²) >= 11 is 0. The molecule has 0 saturated heterocycles. The number of benzene rings is 1. The molecule has 0 heterocycles. The van der Waals surface area contributed by atoms with Crippen LogP contribution in [0.4, 0.5) is 10.5 Å². The molecule has 0 aliphatic rings. The van der Waals surface area contributed by atoms with Crippen molar-refractivity contribution in [1.82, 2.24) is 0 Å². The number of carbonyl (C=O) groups is 1. The highest BCUT2D eigenvalue weighted by molar-refractivity contribution is 5.85. The Labute approximate surface area is 114 Å². The molecule has 0 unspecified atom stereocenters. The maximum atomic E-state index is 11.7. The summed E-state index contributed by atoms with van der Waals surface area (Å²) in [5.74, 6) is 0. The first-order valence-electron chi connectivity index (χ1n) is 6.54. The summed E-state index contributed by atoms with van der Waals surface area (Å²) in [5.41, 5.74) is 1.21. The zero-order valence-electron chi connectivity index (χ0n) is 12.1. The second-order valence-electron chi connectivity index (χ2n) is 5.67. The fraction of sp³-hybridized carbons (Fsp3) is 0.533. The minimum absolute atomic E-state index is 0.352. The van der Waals surface area contributed by atoms with Gasteiger partial charge in [0.15, 0.2) is 0 Å². The third-order valence-corrected chi connectivity index (χ3v) is 2.48. The lowest BCUT2D eigenvalue weighted by molar-refractivity contribution is 0.0636. The summed E-state index contributed by atoms with van der Waals surface area (Å²) in [6, 6.07) is 7.55. The molecule has 0 aromatic heterocycles. The SMILES string of the molecule is C[C@@H](O)CCc1ccccc1NC(=O)OC(C)(C)C. The monoisotopic (exact) mass is 265 g/mol. The Balaban J connectivity index is 2.69. The number of hydrogen-bond donors (Lipinski definition) is 2. The Kier molecular flexibility index (Phi) is 5.36. The molecular weight excluding hydrogens is 242 g/mol. The van der Waals surface area contributed by atoms with E-state index in [0.29, 0.717) is 12.8 Å². The molecule has 0 aliphatic heterocycles. The number of aliphatic hydroxyl groups is 1. The summed E-state index contributed by atoms with van der Waals surface area (Å²) in [4.78, 5) is 11.7. The van der Waals surface area contributed by atoms with Crippen LogP contribution in [0.1, 0.15) is 39.7 Å². The Morgan fingerprint density at radius 3 is 2.58 bits per heavy atom. The fourth-order valence-electron chi connectivity index (χ4n) is 1.64. The summed E-state index contributed by atoms with van der Waals surface area (Å²) in [6.07, 6.45) is 0.558. The third kappa shape index (κ3) is 6.25. The summed E-state index contributed by atoms with van der Waals surface area (Å²) in [5, 5.41) is 12.1. The van der Waals surface area contributed by atoms with E-state index in [9.17, 15) is 9.90 Å². The predicted molar refractivity (Wildman–Crippen MR) is 76.3 cm³/mol. The van der Waals surface area contributed by atoms with Gasteiger partial charge in [0, 0.05) is 5.69 Å². The fourth-order valence-corrected chi connectivity index (χ4v) is 1.64. The maximum absolute atomic E-state index is 11.7. The number of anilines is 1. The van der Waals surface area contributed by atoms with Crippen LogP contribution in [-0.2, 0) is 11.2 Å². The van der Waals surface area contributed by atoms with E-state index >= 15 is 0 Å². The lowest BCUT2D eigenvalue weighted by atomic mass is 10.1. The quantitative estimate of drug-likeness (QED) is 0.877. The number of aliphatic hydroxyl groups excluding tert-OH is 1. The van der Waals surface area contributed by atoms with Gasteiger partial charge in [-0.25, -0.2) is 4.79 Å². The van der Waals surface area contributed by atoms with Crippen molar-refractivity contribution in [3.05, 3.63) is 29.8 Å². The molecule has 106 valence electrons. The summed E-state index contributed by atoms with van der Waals surface area (Å²) in [6.45, 7) is 7.23. The van der Waals surface area contributed by atoms with Crippen LogP contribution in [-0.4, -0.2) is 22.9 Å². The molecule has 1 aromatic carbocycles. The van der Waals surface area contributed by atoms with Gasteiger partial charge in [-0.2, -0.15) is 0 Å². The maximum Gasteiger partial charge on any atom is 0.412 e. The Hall–Kier alpha value is -1.55. The summed E-state index contributed by atoms with van der Waals surface area (Å²) < 4.78 is 5.22. The van der Waals surface area contributed by atoms with E-state index < -0.39 is 11.7 Å². The van der Waals surface area contributed by atoms with Gasteiger partial charge in [0.2, 0.25) is 0 Å². The Bertz CT molecular complexity index is 422. The molecule has 0 radical (unpaired) electrons. The van der Waals surface area contributed by atoms with Gasteiger partial charge in [0.05, 0.1) is 6.10 Å². The van der Waals surface area contributed by atoms with Crippen molar-refractivity contribution in [2.75, 3.05) is 5.32 Å². The van der Waals surface area contributed by atoms with E-state index in [0.717, 1.165) is 11.3 Å². The van der Waals surface area contributed by atoms with Crippen molar-refractivity contribution in [3.8, 4) is 0 Å². The lowest BCUT2D eigenvalue weighted by Gasteiger charge is -2.20. The second-order valence-corrected chi connectivity index (χ2v) is 5.67. The van der Waals surface area contributed by atoms with Crippen LogP contribution in [0.25, 0.3) is 0 Å².